The number of benzene rings is 2. The number of aromatic nitrogens is 2. The fourth-order valence-electron chi connectivity index (χ4n) is 1.92. The topological polar surface area (TPSA) is 74.2 Å². The molecule has 22 heavy (non-hydrogen) atoms. The minimum atomic E-state index is 0.0255. The molecule has 2 N–H and O–H groups in total. The van der Waals surface area contributed by atoms with Crippen LogP contribution in [0.2, 0.25) is 10.0 Å². The molecule has 1 aromatic heterocycles. The van der Waals surface area contributed by atoms with Crippen molar-refractivity contribution in [1.29, 1.82) is 0 Å². The van der Waals surface area contributed by atoms with Crippen LogP contribution < -0.4 is 10.5 Å². The number of nitrogen functional groups attached to an aromatic ring is 1. The van der Waals surface area contributed by atoms with E-state index in [4.69, 9.17) is 38.1 Å². The van der Waals surface area contributed by atoms with Crippen molar-refractivity contribution in [2.24, 2.45) is 0 Å². The first-order valence-corrected chi connectivity index (χ1v) is 7.16. The number of ether oxygens (including phenoxy) is 1. The lowest BCUT2D eigenvalue weighted by Crippen LogP contribution is -1.95. The molecule has 0 aliphatic carbocycles. The Bertz CT molecular complexity index is 805. The fraction of sp³-hybridized carbons (Fsp3) is 0.0667. The Morgan fingerprint density at radius 1 is 1.05 bits per heavy atom. The summed E-state index contributed by atoms with van der Waals surface area (Å²) in [6, 6.07) is 12.5. The van der Waals surface area contributed by atoms with Crippen molar-refractivity contribution in [2.45, 2.75) is 6.42 Å². The standard InChI is InChI=1S/C15H11Cl2N3O2/c16-10-6-5-9(7-14-19-20-15(18)22-14)13(8-10)21-12-4-2-1-3-11(12)17/h1-6,8H,7H2,(H2,18,20). The molecule has 0 bridgehead atoms. The smallest absolute Gasteiger partial charge is 0.312 e. The van der Waals surface area contributed by atoms with Gasteiger partial charge in [0.15, 0.2) is 0 Å². The number of hydrogen-bond acceptors (Lipinski definition) is 5. The van der Waals surface area contributed by atoms with Gasteiger partial charge in [0.05, 0.1) is 11.4 Å². The summed E-state index contributed by atoms with van der Waals surface area (Å²) in [5.74, 6) is 1.50. The van der Waals surface area contributed by atoms with E-state index in [0.29, 0.717) is 33.9 Å². The van der Waals surface area contributed by atoms with Crippen molar-refractivity contribution in [3.05, 3.63) is 64.0 Å². The van der Waals surface area contributed by atoms with Crippen molar-refractivity contribution in [3.8, 4) is 11.5 Å². The molecule has 0 saturated heterocycles. The second kappa shape index (κ2) is 6.25. The Hall–Kier alpha value is -2.24. The number of nitrogens with zero attached hydrogens (tertiary/aromatic N) is 2. The molecule has 0 spiro atoms. The second-order valence-electron chi connectivity index (χ2n) is 4.50. The third kappa shape index (κ3) is 3.32. The van der Waals surface area contributed by atoms with Crippen LogP contribution in [0.25, 0.3) is 0 Å². The SMILES string of the molecule is Nc1nnc(Cc2ccc(Cl)cc2Oc2ccccc2Cl)o1. The van der Waals surface area contributed by atoms with Crippen LogP contribution in [0.1, 0.15) is 11.5 Å². The van der Waals surface area contributed by atoms with Gasteiger partial charge in [-0.15, -0.1) is 5.10 Å². The Balaban J connectivity index is 1.92. The quantitative estimate of drug-likeness (QED) is 0.767. The number of nitrogens with two attached hydrogens (primary N) is 1. The van der Waals surface area contributed by atoms with Crippen LogP contribution in [0.3, 0.4) is 0 Å². The molecular weight excluding hydrogens is 325 g/mol. The van der Waals surface area contributed by atoms with Gasteiger partial charge < -0.3 is 14.9 Å². The van der Waals surface area contributed by atoms with E-state index in [1.807, 2.05) is 18.2 Å². The molecule has 5 nitrogen and oxygen atoms in total. The van der Waals surface area contributed by atoms with Crippen molar-refractivity contribution in [2.75, 3.05) is 5.73 Å². The number of rotatable bonds is 4. The molecule has 2 aromatic carbocycles. The van der Waals surface area contributed by atoms with Gasteiger partial charge in [0, 0.05) is 10.6 Å². The maximum absolute atomic E-state index is 6.11. The molecule has 0 unspecified atom stereocenters. The lowest BCUT2D eigenvalue weighted by molar-refractivity contribution is 0.471. The lowest BCUT2D eigenvalue weighted by Gasteiger charge is -2.11. The van der Waals surface area contributed by atoms with Gasteiger partial charge in [0.25, 0.3) is 0 Å². The molecule has 3 rings (SSSR count). The summed E-state index contributed by atoms with van der Waals surface area (Å²) >= 11 is 12.2. The first kappa shape index (κ1) is 14.7. The molecule has 0 aliphatic rings. The van der Waals surface area contributed by atoms with E-state index in [1.54, 1.807) is 24.3 Å². The highest BCUT2D eigenvalue weighted by atomic mass is 35.5. The van der Waals surface area contributed by atoms with Gasteiger partial charge in [0.2, 0.25) is 5.89 Å². The van der Waals surface area contributed by atoms with E-state index >= 15 is 0 Å². The molecule has 0 saturated carbocycles. The average molecular weight is 336 g/mol. The van der Waals surface area contributed by atoms with Gasteiger partial charge in [0.1, 0.15) is 11.5 Å². The largest absolute Gasteiger partial charge is 0.455 e. The Morgan fingerprint density at radius 2 is 1.86 bits per heavy atom. The van der Waals surface area contributed by atoms with Crippen LogP contribution in [-0.4, -0.2) is 10.2 Å². The molecule has 7 heteroatoms. The molecule has 0 fully saturated rings. The predicted molar refractivity (Wildman–Crippen MR) is 84.5 cm³/mol. The zero-order valence-corrected chi connectivity index (χ0v) is 12.8. The Labute approximate surface area is 136 Å². The summed E-state index contributed by atoms with van der Waals surface area (Å²) in [5, 5.41) is 8.54. The fourth-order valence-corrected chi connectivity index (χ4v) is 2.25. The molecular formula is C15H11Cl2N3O2. The van der Waals surface area contributed by atoms with E-state index < -0.39 is 0 Å². The van der Waals surface area contributed by atoms with Crippen LogP contribution in [0.5, 0.6) is 11.5 Å². The molecule has 0 atom stereocenters. The zero-order chi connectivity index (χ0) is 15.5. The van der Waals surface area contributed by atoms with E-state index in [1.165, 1.54) is 0 Å². The third-order valence-electron chi connectivity index (χ3n) is 2.91. The summed E-state index contributed by atoms with van der Waals surface area (Å²) in [6.45, 7) is 0. The molecule has 3 aromatic rings. The summed E-state index contributed by atoms with van der Waals surface area (Å²) in [4.78, 5) is 0. The van der Waals surface area contributed by atoms with Crippen LogP contribution in [0.4, 0.5) is 6.01 Å². The zero-order valence-electron chi connectivity index (χ0n) is 11.3. The number of anilines is 1. The minimum Gasteiger partial charge on any atom is -0.455 e. The minimum absolute atomic E-state index is 0.0255. The van der Waals surface area contributed by atoms with Crippen LogP contribution in [0.15, 0.2) is 46.9 Å². The molecule has 0 aliphatic heterocycles. The van der Waals surface area contributed by atoms with Crippen molar-refractivity contribution in [1.82, 2.24) is 10.2 Å². The highest BCUT2D eigenvalue weighted by Gasteiger charge is 2.12. The third-order valence-corrected chi connectivity index (χ3v) is 3.46. The van der Waals surface area contributed by atoms with Crippen LogP contribution in [-0.2, 0) is 6.42 Å². The first-order valence-electron chi connectivity index (χ1n) is 6.40. The highest BCUT2D eigenvalue weighted by molar-refractivity contribution is 6.32. The lowest BCUT2D eigenvalue weighted by atomic mass is 10.1. The summed E-state index contributed by atoms with van der Waals surface area (Å²) < 4.78 is 11.1. The van der Waals surface area contributed by atoms with Crippen molar-refractivity contribution >= 4 is 29.2 Å². The summed E-state index contributed by atoms with van der Waals surface area (Å²) in [6.07, 6.45) is 0.376. The Kier molecular flexibility index (Phi) is 4.18. The predicted octanol–water partition coefficient (Wildman–Crippen LogP) is 4.34. The van der Waals surface area contributed by atoms with Gasteiger partial charge in [-0.3, -0.25) is 0 Å². The van der Waals surface area contributed by atoms with Gasteiger partial charge in [-0.25, -0.2) is 0 Å². The van der Waals surface area contributed by atoms with E-state index in [-0.39, 0.29) is 6.01 Å². The van der Waals surface area contributed by atoms with Crippen molar-refractivity contribution in [3.63, 3.8) is 0 Å². The Morgan fingerprint density at radius 3 is 2.59 bits per heavy atom. The monoisotopic (exact) mass is 335 g/mol. The number of halogens is 2. The van der Waals surface area contributed by atoms with Gasteiger partial charge in [-0.05, 0) is 24.3 Å². The maximum atomic E-state index is 6.11. The first-order chi connectivity index (χ1) is 10.6. The molecule has 0 radical (unpaired) electrons. The van der Waals surface area contributed by atoms with Gasteiger partial charge in [-0.1, -0.05) is 46.5 Å². The van der Waals surface area contributed by atoms with E-state index in [9.17, 15) is 0 Å². The molecule has 112 valence electrons. The van der Waals surface area contributed by atoms with E-state index in [0.717, 1.165) is 5.56 Å². The molecule has 1 heterocycles. The normalized spacial score (nSPS) is 10.6. The summed E-state index contributed by atoms with van der Waals surface area (Å²) in [5.41, 5.74) is 6.25. The maximum Gasteiger partial charge on any atom is 0.312 e. The number of hydrogen-bond donors (Lipinski definition) is 1. The van der Waals surface area contributed by atoms with Crippen LogP contribution in [0, 0.1) is 0 Å². The van der Waals surface area contributed by atoms with Gasteiger partial charge in [-0.2, -0.15) is 0 Å². The average Bonchev–Trinajstić information content (AvgIpc) is 2.90. The molecule has 0 amide bonds. The van der Waals surface area contributed by atoms with E-state index in [2.05, 4.69) is 10.2 Å². The summed E-state index contributed by atoms with van der Waals surface area (Å²) in [7, 11) is 0. The van der Waals surface area contributed by atoms with Crippen LogP contribution >= 0.6 is 23.2 Å². The van der Waals surface area contributed by atoms with Crippen molar-refractivity contribution < 1.29 is 9.15 Å². The second-order valence-corrected chi connectivity index (χ2v) is 5.34. The van der Waals surface area contributed by atoms with Gasteiger partial charge >= 0.3 is 6.01 Å². The number of para-hydroxylation sites is 1. The highest BCUT2D eigenvalue weighted by Crippen LogP contribution is 2.33.